The molecule has 1 aromatic heterocycles. The fourth-order valence-electron chi connectivity index (χ4n) is 4.25. The van der Waals surface area contributed by atoms with Crippen LogP contribution in [-0.4, -0.2) is 58.4 Å². The molecular formula is C31H46ClF3N4O2. The van der Waals surface area contributed by atoms with Crippen LogP contribution in [0, 0.1) is 6.92 Å². The fraction of sp³-hybridized carbons (Fsp3) is 0.581. The van der Waals surface area contributed by atoms with Crippen molar-refractivity contribution in [1.29, 1.82) is 0 Å². The van der Waals surface area contributed by atoms with E-state index in [-0.39, 0.29) is 23.1 Å². The Morgan fingerprint density at radius 1 is 1.20 bits per heavy atom. The van der Waals surface area contributed by atoms with Gasteiger partial charge in [0.25, 0.3) is 0 Å². The molecule has 1 aliphatic rings. The van der Waals surface area contributed by atoms with E-state index in [0.29, 0.717) is 19.6 Å². The molecule has 0 spiro atoms. The average Bonchev–Trinajstić information content (AvgIpc) is 2.84. The molecule has 0 radical (unpaired) electrons. The van der Waals surface area contributed by atoms with E-state index >= 15 is 0 Å². The molecule has 1 aliphatic heterocycles. The molecule has 2 heterocycles. The molecule has 1 amide bonds. The number of allylic oxidation sites excluding steroid dienone is 8. The van der Waals surface area contributed by atoms with Crippen molar-refractivity contribution in [2.24, 2.45) is 0 Å². The number of piperazine rings is 1. The van der Waals surface area contributed by atoms with E-state index in [1.54, 1.807) is 30.6 Å². The zero-order valence-corrected chi connectivity index (χ0v) is 26.7. The first-order chi connectivity index (χ1) is 19.0. The van der Waals surface area contributed by atoms with Crippen molar-refractivity contribution in [1.82, 2.24) is 14.9 Å². The lowest BCUT2D eigenvalue weighted by Gasteiger charge is -2.41. The number of hydrogen-bond donors (Lipinski definition) is 0. The van der Waals surface area contributed by atoms with Crippen molar-refractivity contribution in [3.63, 3.8) is 0 Å². The van der Waals surface area contributed by atoms with Crippen molar-refractivity contribution < 1.29 is 22.7 Å². The van der Waals surface area contributed by atoms with Crippen LogP contribution >= 0.6 is 11.6 Å². The van der Waals surface area contributed by atoms with Gasteiger partial charge in [-0.2, -0.15) is 13.2 Å². The third kappa shape index (κ3) is 12.3. The Kier molecular flexibility index (Phi) is 14.7. The smallest absolute Gasteiger partial charge is 0.416 e. The van der Waals surface area contributed by atoms with Gasteiger partial charge in [-0.1, -0.05) is 55.7 Å². The van der Waals surface area contributed by atoms with Gasteiger partial charge < -0.3 is 14.5 Å². The minimum absolute atomic E-state index is 0.0181. The number of hydrogen-bond acceptors (Lipinski definition) is 5. The van der Waals surface area contributed by atoms with E-state index in [1.165, 1.54) is 32.2 Å². The second-order valence-electron chi connectivity index (χ2n) is 11.0. The molecule has 6 nitrogen and oxygen atoms in total. The summed E-state index contributed by atoms with van der Waals surface area (Å²) in [4.78, 5) is 23.8. The summed E-state index contributed by atoms with van der Waals surface area (Å²) in [5.74, 6) is 0.230. The van der Waals surface area contributed by atoms with Crippen molar-refractivity contribution >= 4 is 29.1 Å². The van der Waals surface area contributed by atoms with E-state index in [0.717, 1.165) is 23.9 Å². The fourth-order valence-corrected chi connectivity index (χ4v) is 4.51. The standard InChI is InChI=1S/C19H27F3N4O2.C12H19Cl/c1-7-14(19(20,21)22)15-13(3)23-11-24-16(15)25-8-9-26(12(2)10-25)17(27)28-18(4,5)6;1-4-6-7-9-12(13)10-11(3)8-5-2/h7,11-12H,8-10H2,1-6H3;6-7,9-10H,4-5,8H2,1-3H3/b14-7+;7-6+,11-10+,12-9+. The number of carbonyl (C=O) groups excluding carboxylic acids is 1. The van der Waals surface area contributed by atoms with Crippen LogP contribution in [0.4, 0.5) is 23.8 Å². The molecule has 0 N–H and O–H groups in total. The van der Waals surface area contributed by atoms with Crippen LogP contribution in [0.1, 0.15) is 85.9 Å². The average molecular weight is 599 g/mol. The van der Waals surface area contributed by atoms with Crippen LogP contribution in [0.15, 0.2) is 47.3 Å². The maximum absolute atomic E-state index is 13.5. The third-order valence-electron chi connectivity index (χ3n) is 6.09. The van der Waals surface area contributed by atoms with Crippen LogP contribution in [0.3, 0.4) is 0 Å². The molecule has 0 bridgehead atoms. The van der Waals surface area contributed by atoms with E-state index in [4.69, 9.17) is 16.3 Å². The van der Waals surface area contributed by atoms with Gasteiger partial charge in [-0.3, -0.25) is 0 Å². The van der Waals surface area contributed by atoms with E-state index in [1.807, 2.05) is 25.2 Å². The summed E-state index contributed by atoms with van der Waals surface area (Å²) in [5, 5.41) is 0.815. The number of amides is 1. The largest absolute Gasteiger partial charge is 0.444 e. The zero-order chi connectivity index (χ0) is 31.4. The molecule has 1 unspecified atom stereocenters. The van der Waals surface area contributed by atoms with Gasteiger partial charge in [-0.25, -0.2) is 14.8 Å². The Labute approximate surface area is 249 Å². The molecule has 1 atom stereocenters. The molecule has 0 saturated carbocycles. The van der Waals surface area contributed by atoms with Gasteiger partial charge in [0.15, 0.2) is 0 Å². The maximum atomic E-state index is 13.5. The summed E-state index contributed by atoms with van der Waals surface area (Å²) < 4.78 is 46.0. The molecule has 0 aromatic carbocycles. The molecule has 2 rings (SSSR count). The van der Waals surface area contributed by atoms with Gasteiger partial charge in [0.2, 0.25) is 0 Å². The quantitative estimate of drug-likeness (QED) is 0.293. The molecule has 10 heteroatoms. The SMILES string of the molecule is C/C=C(\c1c(C)ncnc1N1CCN(C(=O)OC(C)(C)C)C(C)C1)C(F)(F)F.CC/C=C/C=C(Cl)\C=C(/C)CCC. The van der Waals surface area contributed by atoms with Gasteiger partial charge in [0.1, 0.15) is 17.7 Å². The molecule has 1 saturated heterocycles. The minimum Gasteiger partial charge on any atom is -0.444 e. The van der Waals surface area contributed by atoms with Crippen LogP contribution in [0.2, 0.25) is 0 Å². The molecule has 1 aromatic rings. The number of rotatable bonds is 7. The summed E-state index contributed by atoms with van der Waals surface area (Å²) >= 11 is 5.98. The van der Waals surface area contributed by atoms with Gasteiger partial charge in [0.05, 0.1) is 16.8 Å². The summed E-state index contributed by atoms with van der Waals surface area (Å²) in [6.07, 6.45) is 8.78. The predicted octanol–water partition coefficient (Wildman–Crippen LogP) is 9.02. The minimum atomic E-state index is -4.51. The highest BCUT2D eigenvalue weighted by molar-refractivity contribution is 6.31. The number of nitrogens with zero attached hydrogens (tertiary/aromatic N) is 4. The molecule has 1 fully saturated rings. The predicted molar refractivity (Wildman–Crippen MR) is 163 cm³/mol. The zero-order valence-electron chi connectivity index (χ0n) is 25.9. The Morgan fingerprint density at radius 3 is 2.37 bits per heavy atom. The monoisotopic (exact) mass is 598 g/mol. The third-order valence-corrected chi connectivity index (χ3v) is 6.33. The second kappa shape index (κ2) is 16.6. The lowest BCUT2D eigenvalue weighted by atomic mass is 10.0. The lowest BCUT2D eigenvalue weighted by Crippen LogP contribution is -2.55. The van der Waals surface area contributed by atoms with Gasteiger partial charge in [-0.05, 0) is 73.5 Å². The summed E-state index contributed by atoms with van der Waals surface area (Å²) in [7, 11) is 0. The highest BCUT2D eigenvalue weighted by Gasteiger charge is 2.39. The lowest BCUT2D eigenvalue weighted by molar-refractivity contribution is -0.0690. The van der Waals surface area contributed by atoms with Crippen molar-refractivity contribution in [2.75, 3.05) is 24.5 Å². The summed E-state index contributed by atoms with van der Waals surface area (Å²) in [5.41, 5.74) is 0.211. The second-order valence-corrected chi connectivity index (χ2v) is 11.4. The highest BCUT2D eigenvalue weighted by Crippen LogP contribution is 2.39. The van der Waals surface area contributed by atoms with Crippen LogP contribution in [-0.2, 0) is 4.74 Å². The molecular weight excluding hydrogens is 553 g/mol. The summed E-state index contributed by atoms with van der Waals surface area (Å²) in [6, 6.07) is -0.244. The number of aromatic nitrogens is 2. The van der Waals surface area contributed by atoms with Crippen molar-refractivity contribution in [3.05, 3.63) is 58.6 Å². The number of anilines is 1. The molecule has 230 valence electrons. The number of ether oxygens (including phenoxy) is 1. The summed E-state index contributed by atoms with van der Waals surface area (Å²) in [6.45, 7) is 17.5. The van der Waals surface area contributed by atoms with Gasteiger partial charge in [0, 0.05) is 30.7 Å². The molecule has 0 aliphatic carbocycles. The Hall–Kier alpha value is -2.81. The Balaban J connectivity index is 0.000000545. The topological polar surface area (TPSA) is 58.6 Å². The van der Waals surface area contributed by atoms with Crippen molar-refractivity contribution in [3.8, 4) is 0 Å². The first-order valence-electron chi connectivity index (χ1n) is 14.0. The van der Waals surface area contributed by atoms with Crippen LogP contribution < -0.4 is 4.90 Å². The number of halogens is 4. The number of aryl methyl sites for hydroxylation is 1. The first kappa shape index (κ1) is 36.2. The van der Waals surface area contributed by atoms with Crippen LogP contribution in [0.5, 0.6) is 0 Å². The van der Waals surface area contributed by atoms with Crippen LogP contribution in [0.25, 0.3) is 5.57 Å². The van der Waals surface area contributed by atoms with Gasteiger partial charge in [-0.15, -0.1) is 0 Å². The van der Waals surface area contributed by atoms with E-state index in [2.05, 4.69) is 36.8 Å². The van der Waals surface area contributed by atoms with Gasteiger partial charge >= 0.3 is 12.3 Å². The maximum Gasteiger partial charge on any atom is 0.416 e. The van der Waals surface area contributed by atoms with E-state index < -0.39 is 23.4 Å². The Morgan fingerprint density at radius 2 is 1.85 bits per heavy atom. The number of carbonyl (C=O) groups is 1. The number of alkyl halides is 3. The normalized spacial score (nSPS) is 17.5. The van der Waals surface area contributed by atoms with Crippen molar-refractivity contribution in [2.45, 2.75) is 99.4 Å². The van der Waals surface area contributed by atoms with E-state index in [9.17, 15) is 18.0 Å². The molecule has 41 heavy (non-hydrogen) atoms. The highest BCUT2D eigenvalue weighted by atomic mass is 35.5. The Bertz CT molecular complexity index is 1120. The first-order valence-corrected chi connectivity index (χ1v) is 14.4.